The molecule has 2 aromatic rings. The van der Waals surface area contributed by atoms with Gasteiger partial charge in [0, 0.05) is 68.7 Å². The summed E-state index contributed by atoms with van der Waals surface area (Å²) in [5.74, 6) is 0.273. The Morgan fingerprint density at radius 3 is 2.22 bits per heavy atom. The number of allylic oxidation sites excluding steroid dienone is 1. The highest BCUT2D eigenvalue weighted by atomic mass is 32.1. The molecule has 59 heavy (non-hydrogen) atoms. The normalized spacial score (nSPS) is 16.0. The molecule has 0 unspecified atom stereocenters. The summed E-state index contributed by atoms with van der Waals surface area (Å²) in [5, 5.41) is 28.7. The Morgan fingerprint density at radius 2 is 1.58 bits per heavy atom. The standard InChI is InChI=1S/C28H32N4O3S.C16H15N3O3S/c1-3-5-13-31-26(33)22(27(34)32(28(31)36)14-6-4-2)25-20(17-29)16-19-15-18-9-7-11-30-12-8-10-21(23(18)30)24(19)35-25;1-8-6-12(22-11-7-9(17)4-5-10(8)11)13-14(20)18(2)16(23)19(3)15(13)21/h15-16H,3-14H2,1-2H3;4-7,17,20H,1-3H3. The molecule has 306 valence electrons. The van der Waals surface area contributed by atoms with Crippen LogP contribution in [0.15, 0.2) is 56.4 Å². The number of nitrogens with zero attached hydrogens (tertiary/aromatic N) is 6. The summed E-state index contributed by atoms with van der Waals surface area (Å²) in [4.78, 5) is 45.3. The molecule has 0 saturated carbocycles. The van der Waals surface area contributed by atoms with Crippen molar-refractivity contribution in [1.82, 2.24) is 18.9 Å². The van der Waals surface area contributed by atoms with E-state index in [4.69, 9.17) is 39.0 Å². The van der Waals surface area contributed by atoms with E-state index in [2.05, 4.69) is 17.0 Å². The molecule has 0 bridgehead atoms. The Labute approximate surface area is 352 Å². The van der Waals surface area contributed by atoms with Crippen molar-refractivity contribution in [2.45, 2.75) is 72.1 Å². The maximum absolute atomic E-state index is 13.7. The highest BCUT2D eigenvalue weighted by molar-refractivity contribution is 7.80. The van der Waals surface area contributed by atoms with Gasteiger partial charge in [0.15, 0.2) is 15.6 Å². The van der Waals surface area contributed by atoms with Gasteiger partial charge in [0.1, 0.15) is 34.5 Å². The van der Waals surface area contributed by atoms with Crippen molar-refractivity contribution >= 4 is 53.1 Å². The van der Waals surface area contributed by atoms with Crippen LogP contribution in [-0.4, -0.2) is 67.1 Å². The second-order valence-electron chi connectivity index (χ2n) is 15.3. The zero-order valence-corrected chi connectivity index (χ0v) is 35.6. The maximum Gasteiger partial charge on any atom is 0.269 e. The Morgan fingerprint density at radius 1 is 0.915 bits per heavy atom. The van der Waals surface area contributed by atoms with Gasteiger partial charge in [-0.3, -0.25) is 33.3 Å². The van der Waals surface area contributed by atoms with Crippen molar-refractivity contribution in [1.29, 1.82) is 10.7 Å². The molecular formula is C44H47N7O6S2. The summed E-state index contributed by atoms with van der Waals surface area (Å²) in [7, 11) is 3.12. The number of fused-ring (bicyclic) bond motifs is 3. The minimum absolute atomic E-state index is 0.0454. The molecule has 13 nitrogen and oxygen atoms in total. The van der Waals surface area contributed by atoms with Gasteiger partial charge in [-0.05, 0) is 111 Å². The van der Waals surface area contributed by atoms with Crippen LogP contribution in [0, 0.1) is 28.4 Å². The average molecular weight is 834 g/mol. The van der Waals surface area contributed by atoms with Crippen LogP contribution in [0.5, 0.6) is 11.6 Å². The zero-order chi connectivity index (χ0) is 42.3. The largest absolute Gasteiger partial charge is 0.494 e. The van der Waals surface area contributed by atoms with Crippen molar-refractivity contribution in [3.05, 3.63) is 90.0 Å². The first-order valence-electron chi connectivity index (χ1n) is 20.0. The first kappa shape index (κ1) is 41.3. The van der Waals surface area contributed by atoms with E-state index in [9.17, 15) is 24.8 Å². The van der Waals surface area contributed by atoms with Crippen LogP contribution in [0.25, 0.3) is 28.7 Å². The van der Waals surface area contributed by atoms with Crippen LogP contribution in [-0.2, 0) is 36.5 Å². The Kier molecular flexibility index (Phi) is 11.8. The second-order valence-corrected chi connectivity index (χ2v) is 16.0. The van der Waals surface area contributed by atoms with Gasteiger partial charge in [-0.15, -0.1) is 0 Å². The van der Waals surface area contributed by atoms with Gasteiger partial charge in [-0.25, -0.2) is 0 Å². The van der Waals surface area contributed by atoms with Crippen molar-refractivity contribution in [2.75, 3.05) is 31.1 Å². The fourth-order valence-corrected chi connectivity index (χ4v) is 8.68. The molecule has 2 N–H and O–H groups in total. The van der Waals surface area contributed by atoms with Crippen LogP contribution < -0.4 is 20.6 Å². The Bertz CT molecular complexity index is 2650. The van der Waals surface area contributed by atoms with E-state index >= 15 is 0 Å². The average Bonchev–Trinajstić information content (AvgIpc) is 3.22. The van der Waals surface area contributed by atoms with Crippen LogP contribution in [0.4, 0.5) is 5.69 Å². The number of aromatic hydroxyl groups is 1. The maximum atomic E-state index is 13.7. The number of unbranched alkanes of at least 4 members (excludes halogenated alkanes) is 2. The predicted octanol–water partition coefficient (Wildman–Crippen LogP) is 6.81. The van der Waals surface area contributed by atoms with Crippen LogP contribution in [0.3, 0.4) is 0 Å². The highest BCUT2D eigenvalue weighted by Crippen LogP contribution is 2.46. The van der Waals surface area contributed by atoms with Crippen molar-refractivity contribution in [2.24, 2.45) is 14.1 Å². The number of amides is 2. The molecule has 0 spiro atoms. The van der Waals surface area contributed by atoms with Crippen molar-refractivity contribution in [3.8, 4) is 40.3 Å². The number of hydrogen-bond donors (Lipinski definition) is 2. The van der Waals surface area contributed by atoms with Gasteiger partial charge in [0.05, 0.1) is 10.9 Å². The van der Waals surface area contributed by atoms with E-state index in [-0.39, 0.29) is 44.0 Å². The summed E-state index contributed by atoms with van der Waals surface area (Å²) in [6.45, 7) is 8.88. The SMILES string of the molecule is CCCCN1C(=O)C(=C2Oc3c(cc4c5c3CCCN5CCC4)C=C2C#N)C(=O)N(CCCC)C1=S.Cc1cc(-c2c(O)n(C)c(=S)n(C)c2=O)oc2cc(=N)ccc1-2. The van der Waals surface area contributed by atoms with Crippen LogP contribution in [0.2, 0.25) is 0 Å². The molecule has 1 fully saturated rings. The molecular weight excluding hydrogens is 787 g/mol. The molecule has 1 aromatic carbocycles. The number of carbonyl (C=O) groups excluding carboxylic acids is 2. The summed E-state index contributed by atoms with van der Waals surface area (Å²) in [5.41, 5.74) is 5.95. The van der Waals surface area contributed by atoms with Gasteiger partial charge in [-0.2, -0.15) is 5.26 Å². The molecule has 6 aliphatic rings. The third kappa shape index (κ3) is 7.40. The number of benzene rings is 2. The fourth-order valence-electron chi connectivity index (χ4n) is 8.16. The molecule has 1 aromatic heterocycles. The lowest BCUT2D eigenvalue weighted by atomic mass is 9.87. The van der Waals surface area contributed by atoms with Gasteiger partial charge < -0.3 is 24.6 Å². The number of ether oxygens (including phenoxy) is 1. The van der Waals surface area contributed by atoms with Crippen molar-refractivity contribution in [3.63, 3.8) is 0 Å². The molecule has 5 aliphatic heterocycles. The third-order valence-corrected chi connectivity index (χ3v) is 12.3. The first-order valence-corrected chi connectivity index (χ1v) is 20.9. The predicted molar refractivity (Wildman–Crippen MR) is 230 cm³/mol. The Balaban J connectivity index is 0.000000198. The van der Waals surface area contributed by atoms with E-state index in [1.165, 1.54) is 30.2 Å². The monoisotopic (exact) mass is 833 g/mol. The summed E-state index contributed by atoms with van der Waals surface area (Å²) < 4.78 is 15.1. The second kappa shape index (κ2) is 16.8. The van der Waals surface area contributed by atoms with Gasteiger partial charge in [-0.1, -0.05) is 26.7 Å². The minimum Gasteiger partial charge on any atom is -0.494 e. The van der Waals surface area contributed by atoms with E-state index < -0.39 is 17.4 Å². The number of aromatic nitrogens is 2. The lowest BCUT2D eigenvalue weighted by molar-refractivity contribution is -0.134. The number of rotatable bonds is 7. The van der Waals surface area contributed by atoms with Crippen LogP contribution >= 0.6 is 24.4 Å². The molecule has 2 amide bonds. The third-order valence-electron chi connectivity index (χ3n) is 11.3. The molecule has 1 saturated heterocycles. The highest BCUT2D eigenvalue weighted by Gasteiger charge is 2.43. The van der Waals surface area contributed by atoms with Crippen molar-refractivity contribution < 1.29 is 23.8 Å². The quantitative estimate of drug-likeness (QED) is 0.115. The number of aryl methyl sites for hydroxylation is 2. The number of anilines is 1. The number of carbonyl (C=O) groups is 2. The van der Waals surface area contributed by atoms with Crippen LogP contribution in [0.1, 0.15) is 74.6 Å². The summed E-state index contributed by atoms with van der Waals surface area (Å²) >= 11 is 10.7. The van der Waals surface area contributed by atoms with Gasteiger partial charge >= 0.3 is 0 Å². The van der Waals surface area contributed by atoms with Gasteiger partial charge in [0.2, 0.25) is 5.88 Å². The molecule has 0 radical (unpaired) electrons. The summed E-state index contributed by atoms with van der Waals surface area (Å²) in [6, 6.07) is 11.1. The minimum atomic E-state index is -0.473. The number of hydrogen-bond acceptors (Lipinski definition) is 11. The topological polar surface area (TPSA) is 161 Å². The molecule has 0 atom stereocenters. The Hall–Kier alpha value is -5.85. The lowest BCUT2D eigenvalue weighted by Gasteiger charge is -2.39. The first-order chi connectivity index (χ1) is 28.3. The van der Waals surface area contributed by atoms with Gasteiger partial charge in [0.25, 0.3) is 17.4 Å². The zero-order valence-electron chi connectivity index (χ0n) is 33.9. The van der Waals surface area contributed by atoms with E-state index in [0.29, 0.717) is 30.0 Å². The molecule has 1 aliphatic carbocycles. The summed E-state index contributed by atoms with van der Waals surface area (Å²) in [6.07, 6.45) is 9.10. The molecule has 8 rings (SSSR count). The lowest BCUT2D eigenvalue weighted by Crippen LogP contribution is -2.57. The number of nitriles is 1. The van der Waals surface area contributed by atoms with E-state index in [0.717, 1.165) is 86.7 Å². The smallest absolute Gasteiger partial charge is 0.269 e. The number of thiocarbonyl (C=S) groups is 1. The fraction of sp³-hybridized carbons (Fsp3) is 0.386. The molecule has 15 heteroatoms. The van der Waals surface area contributed by atoms with E-state index in [1.807, 2.05) is 20.8 Å². The van der Waals surface area contributed by atoms with E-state index in [1.54, 1.807) is 44.4 Å². The number of nitrogens with one attached hydrogen (secondary N) is 1. The molecule has 6 heterocycles.